The molecule has 0 saturated carbocycles. The van der Waals surface area contributed by atoms with Gasteiger partial charge in [0.15, 0.2) is 5.96 Å². The SMILES string of the molecule is CN=C(NCCc1cccs1)N(C)Cc1ccon1.I. The van der Waals surface area contributed by atoms with Gasteiger partial charge in [-0.3, -0.25) is 4.99 Å². The smallest absolute Gasteiger partial charge is 0.193 e. The Labute approximate surface area is 140 Å². The summed E-state index contributed by atoms with van der Waals surface area (Å²) in [7, 11) is 3.77. The van der Waals surface area contributed by atoms with E-state index < -0.39 is 0 Å². The van der Waals surface area contributed by atoms with E-state index in [1.54, 1.807) is 24.6 Å². The first-order valence-electron chi connectivity index (χ1n) is 6.13. The van der Waals surface area contributed by atoms with Crippen LogP contribution in [0.2, 0.25) is 0 Å². The second-order valence-corrected chi connectivity index (χ2v) is 5.18. The molecule has 7 heteroatoms. The Kier molecular flexibility index (Phi) is 7.60. The second-order valence-electron chi connectivity index (χ2n) is 4.15. The molecule has 0 atom stereocenters. The van der Waals surface area contributed by atoms with Crippen molar-refractivity contribution in [1.82, 2.24) is 15.4 Å². The Balaban J connectivity index is 0.00000200. The lowest BCUT2D eigenvalue weighted by atomic mass is 10.3. The van der Waals surface area contributed by atoms with Crippen molar-refractivity contribution in [3.63, 3.8) is 0 Å². The number of aliphatic imine (C=N–C) groups is 1. The van der Waals surface area contributed by atoms with E-state index in [2.05, 4.69) is 33.0 Å². The van der Waals surface area contributed by atoms with Gasteiger partial charge in [0.25, 0.3) is 0 Å². The zero-order valence-corrected chi connectivity index (χ0v) is 14.7. The lowest BCUT2D eigenvalue weighted by Gasteiger charge is -2.20. The minimum absolute atomic E-state index is 0. The molecule has 2 heterocycles. The number of guanidine groups is 1. The summed E-state index contributed by atoms with van der Waals surface area (Å²) in [6, 6.07) is 6.08. The fourth-order valence-corrected chi connectivity index (χ4v) is 2.48. The number of rotatable bonds is 5. The molecule has 0 radical (unpaired) electrons. The maximum atomic E-state index is 4.82. The topological polar surface area (TPSA) is 53.7 Å². The quantitative estimate of drug-likeness (QED) is 0.471. The lowest BCUT2D eigenvalue weighted by molar-refractivity contribution is 0.391. The predicted molar refractivity (Wildman–Crippen MR) is 92.8 cm³/mol. The molecule has 110 valence electrons. The number of nitrogens with one attached hydrogen (secondary N) is 1. The molecule has 0 amide bonds. The van der Waals surface area contributed by atoms with Crippen LogP contribution in [-0.4, -0.2) is 36.7 Å². The molecule has 0 saturated heterocycles. The van der Waals surface area contributed by atoms with Gasteiger partial charge in [0.05, 0.1) is 6.54 Å². The van der Waals surface area contributed by atoms with Gasteiger partial charge in [0.2, 0.25) is 0 Å². The van der Waals surface area contributed by atoms with E-state index in [-0.39, 0.29) is 24.0 Å². The average Bonchev–Trinajstić information content (AvgIpc) is 3.07. The van der Waals surface area contributed by atoms with Crippen LogP contribution in [0.15, 0.2) is 39.4 Å². The summed E-state index contributed by atoms with van der Waals surface area (Å²) < 4.78 is 4.82. The summed E-state index contributed by atoms with van der Waals surface area (Å²) in [4.78, 5) is 7.66. The van der Waals surface area contributed by atoms with Crippen molar-refractivity contribution >= 4 is 41.3 Å². The van der Waals surface area contributed by atoms with E-state index in [1.165, 1.54) is 4.88 Å². The molecule has 2 aromatic rings. The fraction of sp³-hybridized carbons (Fsp3) is 0.385. The van der Waals surface area contributed by atoms with E-state index in [0.29, 0.717) is 6.54 Å². The number of aromatic nitrogens is 1. The highest BCUT2D eigenvalue weighted by Gasteiger charge is 2.07. The molecule has 5 nitrogen and oxygen atoms in total. The van der Waals surface area contributed by atoms with Gasteiger partial charge in [-0.15, -0.1) is 35.3 Å². The van der Waals surface area contributed by atoms with Crippen LogP contribution in [0.5, 0.6) is 0 Å². The molecule has 0 unspecified atom stereocenters. The van der Waals surface area contributed by atoms with Gasteiger partial charge in [0, 0.05) is 31.6 Å². The standard InChI is InChI=1S/C13H18N4OS.HI/c1-14-13(15-7-5-12-4-3-9-19-12)17(2)10-11-6-8-18-16-11;/h3-4,6,8-9H,5,7,10H2,1-2H3,(H,14,15);1H. The molecular weight excluding hydrogens is 387 g/mol. The van der Waals surface area contributed by atoms with Crippen LogP contribution < -0.4 is 5.32 Å². The van der Waals surface area contributed by atoms with Crippen LogP contribution >= 0.6 is 35.3 Å². The maximum absolute atomic E-state index is 4.82. The second kappa shape index (κ2) is 8.96. The van der Waals surface area contributed by atoms with E-state index in [4.69, 9.17) is 4.52 Å². The molecule has 2 aromatic heterocycles. The number of nitrogens with zero attached hydrogens (tertiary/aromatic N) is 3. The lowest BCUT2D eigenvalue weighted by Crippen LogP contribution is -2.39. The van der Waals surface area contributed by atoms with Crippen LogP contribution in [0.4, 0.5) is 0 Å². The van der Waals surface area contributed by atoms with Crippen molar-refractivity contribution in [2.24, 2.45) is 4.99 Å². The number of hydrogen-bond donors (Lipinski definition) is 1. The molecule has 0 aliphatic rings. The van der Waals surface area contributed by atoms with Crippen LogP contribution in [-0.2, 0) is 13.0 Å². The Morgan fingerprint density at radius 3 is 2.95 bits per heavy atom. The molecule has 0 aliphatic heterocycles. The van der Waals surface area contributed by atoms with Crippen molar-refractivity contribution in [3.05, 3.63) is 40.4 Å². The van der Waals surface area contributed by atoms with Crippen LogP contribution in [0.1, 0.15) is 10.6 Å². The Bertz CT molecular complexity index is 498. The van der Waals surface area contributed by atoms with E-state index in [1.807, 2.05) is 18.0 Å². The summed E-state index contributed by atoms with van der Waals surface area (Å²) in [5, 5.41) is 9.34. The van der Waals surface area contributed by atoms with Gasteiger partial charge in [-0.1, -0.05) is 11.2 Å². The van der Waals surface area contributed by atoms with Crippen LogP contribution in [0.25, 0.3) is 0 Å². The third-order valence-corrected chi connectivity index (χ3v) is 3.63. The molecule has 0 spiro atoms. The Hall–Kier alpha value is -1.09. The summed E-state index contributed by atoms with van der Waals surface area (Å²) >= 11 is 1.78. The highest BCUT2D eigenvalue weighted by molar-refractivity contribution is 14.0. The third-order valence-electron chi connectivity index (χ3n) is 2.70. The average molecular weight is 406 g/mol. The minimum Gasteiger partial charge on any atom is -0.364 e. The Morgan fingerprint density at radius 2 is 2.35 bits per heavy atom. The van der Waals surface area contributed by atoms with E-state index in [9.17, 15) is 0 Å². The third kappa shape index (κ3) is 5.12. The van der Waals surface area contributed by atoms with Gasteiger partial charge >= 0.3 is 0 Å². The van der Waals surface area contributed by atoms with Crippen LogP contribution in [0.3, 0.4) is 0 Å². The van der Waals surface area contributed by atoms with Gasteiger partial charge in [0.1, 0.15) is 12.0 Å². The molecular formula is C13H19IN4OS. The maximum Gasteiger partial charge on any atom is 0.193 e. The van der Waals surface area contributed by atoms with Gasteiger partial charge in [-0.25, -0.2) is 0 Å². The van der Waals surface area contributed by atoms with Crippen molar-refractivity contribution in [1.29, 1.82) is 0 Å². The fourth-order valence-electron chi connectivity index (χ4n) is 1.77. The van der Waals surface area contributed by atoms with Crippen molar-refractivity contribution in [2.45, 2.75) is 13.0 Å². The highest BCUT2D eigenvalue weighted by Crippen LogP contribution is 2.08. The summed E-state index contributed by atoms with van der Waals surface area (Å²) in [6.45, 7) is 1.55. The molecule has 0 bridgehead atoms. The molecule has 20 heavy (non-hydrogen) atoms. The van der Waals surface area contributed by atoms with Crippen LogP contribution in [0, 0.1) is 0 Å². The van der Waals surface area contributed by atoms with Crippen molar-refractivity contribution < 1.29 is 4.52 Å². The monoisotopic (exact) mass is 406 g/mol. The molecule has 2 rings (SSSR count). The van der Waals surface area contributed by atoms with Crippen molar-refractivity contribution in [3.8, 4) is 0 Å². The predicted octanol–water partition coefficient (Wildman–Crippen LogP) is 2.60. The van der Waals surface area contributed by atoms with E-state index in [0.717, 1.165) is 24.6 Å². The summed E-state index contributed by atoms with van der Waals surface area (Å²) in [5.74, 6) is 0.861. The van der Waals surface area contributed by atoms with E-state index >= 15 is 0 Å². The number of thiophene rings is 1. The number of halogens is 1. The first-order chi connectivity index (χ1) is 9.29. The van der Waals surface area contributed by atoms with Gasteiger partial charge < -0.3 is 14.7 Å². The number of hydrogen-bond acceptors (Lipinski definition) is 4. The summed E-state index contributed by atoms with van der Waals surface area (Å²) in [5.41, 5.74) is 0.892. The first kappa shape index (κ1) is 17.0. The molecule has 0 fully saturated rings. The van der Waals surface area contributed by atoms with Crippen molar-refractivity contribution in [2.75, 3.05) is 20.6 Å². The zero-order chi connectivity index (χ0) is 13.5. The molecule has 1 N–H and O–H groups in total. The first-order valence-corrected chi connectivity index (χ1v) is 7.01. The normalized spacial score (nSPS) is 11.0. The Morgan fingerprint density at radius 1 is 1.50 bits per heavy atom. The largest absolute Gasteiger partial charge is 0.364 e. The zero-order valence-electron chi connectivity index (χ0n) is 11.6. The molecule has 0 aliphatic carbocycles. The molecule has 0 aromatic carbocycles. The minimum atomic E-state index is 0. The van der Waals surface area contributed by atoms with Gasteiger partial charge in [-0.05, 0) is 17.9 Å². The highest BCUT2D eigenvalue weighted by atomic mass is 127. The van der Waals surface area contributed by atoms with Gasteiger partial charge in [-0.2, -0.15) is 0 Å². The summed E-state index contributed by atoms with van der Waals surface area (Å²) in [6.07, 6.45) is 2.59.